The average molecular weight is 357 g/mol. The van der Waals surface area contributed by atoms with Crippen molar-refractivity contribution in [3.8, 4) is 5.75 Å². The predicted molar refractivity (Wildman–Crippen MR) is 93.9 cm³/mol. The van der Waals surface area contributed by atoms with Gasteiger partial charge in [-0.1, -0.05) is 6.07 Å². The molecule has 1 aliphatic rings. The zero-order chi connectivity index (χ0) is 18.8. The fraction of sp³-hybridized carbons (Fsp3) is 0.300. The molecule has 2 aromatic rings. The molecule has 0 radical (unpaired) electrons. The highest BCUT2D eigenvalue weighted by atomic mass is 19.1. The molecule has 0 atom stereocenters. The Kier molecular flexibility index (Phi) is 4.93. The van der Waals surface area contributed by atoms with Crippen LogP contribution >= 0.6 is 0 Å². The van der Waals surface area contributed by atoms with Crippen LogP contribution in [-0.2, 0) is 17.8 Å². The summed E-state index contributed by atoms with van der Waals surface area (Å²) in [6, 6.07) is 8.10. The number of carbonyl (C=O) groups excluding carboxylic acids is 1. The first-order valence-corrected chi connectivity index (χ1v) is 8.37. The lowest BCUT2D eigenvalue weighted by Crippen LogP contribution is -2.36. The molecular weight excluding hydrogens is 337 g/mol. The molecule has 1 N–H and O–H groups in total. The Hall–Kier alpha value is -2.89. The van der Waals surface area contributed by atoms with Crippen molar-refractivity contribution in [1.82, 2.24) is 4.90 Å². The second kappa shape index (κ2) is 7.15. The Morgan fingerprint density at radius 3 is 2.50 bits per heavy atom. The smallest absolute Gasteiger partial charge is 0.341 e. The number of ether oxygens (including phenoxy) is 1. The molecular formula is C20H20FNO4. The maximum atomic E-state index is 13.5. The molecule has 0 aliphatic carbocycles. The van der Waals surface area contributed by atoms with Crippen molar-refractivity contribution in [1.29, 1.82) is 0 Å². The molecule has 0 saturated heterocycles. The van der Waals surface area contributed by atoms with E-state index in [1.54, 1.807) is 36.9 Å². The average Bonchev–Trinajstić information content (AvgIpc) is 2.59. The number of carboxylic acids is 1. The maximum Gasteiger partial charge on any atom is 0.341 e. The summed E-state index contributed by atoms with van der Waals surface area (Å²) in [6.07, 6.45) is 0.694. The van der Waals surface area contributed by atoms with E-state index in [0.29, 0.717) is 42.0 Å². The van der Waals surface area contributed by atoms with Gasteiger partial charge in [0.15, 0.2) is 6.61 Å². The van der Waals surface area contributed by atoms with Gasteiger partial charge in [0.05, 0.1) is 0 Å². The third-order valence-electron chi connectivity index (χ3n) is 4.52. The summed E-state index contributed by atoms with van der Waals surface area (Å²) in [6.45, 7) is 4.08. The minimum atomic E-state index is -1.05. The molecule has 26 heavy (non-hydrogen) atoms. The van der Waals surface area contributed by atoms with Crippen LogP contribution in [0.2, 0.25) is 0 Å². The van der Waals surface area contributed by atoms with E-state index in [2.05, 4.69) is 0 Å². The van der Waals surface area contributed by atoms with Crippen LogP contribution in [0.15, 0.2) is 30.3 Å². The van der Waals surface area contributed by atoms with Gasteiger partial charge in [-0.15, -0.1) is 0 Å². The number of nitrogens with zero attached hydrogens (tertiary/aromatic N) is 1. The summed E-state index contributed by atoms with van der Waals surface area (Å²) < 4.78 is 18.8. The number of amides is 1. The standard InChI is InChI=1S/C20H20FNO4/c1-12-7-15(8-13(2)19(12)26-11-18(23)24)20(25)22-6-5-14-3-4-17(21)9-16(14)10-22/h3-4,7-9H,5-6,10-11H2,1-2H3,(H,23,24). The molecule has 0 saturated carbocycles. The van der Waals surface area contributed by atoms with Crippen molar-refractivity contribution in [2.24, 2.45) is 0 Å². The summed E-state index contributed by atoms with van der Waals surface area (Å²) in [5, 5.41) is 8.76. The van der Waals surface area contributed by atoms with Crippen LogP contribution < -0.4 is 4.74 Å². The number of hydrogen-bond acceptors (Lipinski definition) is 3. The van der Waals surface area contributed by atoms with E-state index < -0.39 is 12.6 Å². The molecule has 0 unspecified atom stereocenters. The minimum Gasteiger partial charge on any atom is -0.481 e. The van der Waals surface area contributed by atoms with Gasteiger partial charge in [0.2, 0.25) is 0 Å². The van der Waals surface area contributed by atoms with Gasteiger partial charge in [0.25, 0.3) is 5.91 Å². The molecule has 0 spiro atoms. The van der Waals surface area contributed by atoms with E-state index in [9.17, 15) is 14.0 Å². The van der Waals surface area contributed by atoms with Crippen molar-refractivity contribution in [3.63, 3.8) is 0 Å². The molecule has 0 fully saturated rings. The fourth-order valence-electron chi connectivity index (χ4n) is 3.32. The minimum absolute atomic E-state index is 0.129. The van der Waals surface area contributed by atoms with Crippen molar-refractivity contribution in [2.75, 3.05) is 13.2 Å². The van der Waals surface area contributed by atoms with Crippen molar-refractivity contribution < 1.29 is 23.8 Å². The zero-order valence-electron chi connectivity index (χ0n) is 14.7. The van der Waals surface area contributed by atoms with E-state index in [4.69, 9.17) is 9.84 Å². The van der Waals surface area contributed by atoms with E-state index in [0.717, 1.165) is 11.1 Å². The third kappa shape index (κ3) is 3.69. The van der Waals surface area contributed by atoms with E-state index in [-0.39, 0.29) is 11.7 Å². The van der Waals surface area contributed by atoms with Gasteiger partial charge in [-0.25, -0.2) is 9.18 Å². The third-order valence-corrected chi connectivity index (χ3v) is 4.52. The largest absolute Gasteiger partial charge is 0.481 e. The van der Waals surface area contributed by atoms with Gasteiger partial charge in [0.1, 0.15) is 11.6 Å². The van der Waals surface area contributed by atoms with Gasteiger partial charge in [-0.2, -0.15) is 0 Å². The number of carbonyl (C=O) groups is 2. The molecule has 0 aromatic heterocycles. The van der Waals surface area contributed by atoms with Crippen LogP contribution in [0, 0.1) is 19.7 Å². The number of rotatable bonds is 4. The molecule has 3 rings (SSSR count). The first-order chi connectivity index (χ1) is 12.3. The Balaban J connectivity index is 1.81. The number of carboxylic acid groups (broad SMARTS) is 1. The summed E-state index contributed by atoms with van der Waals surface area (Å²) in [4.78, 5) is 25.3. The fourth-order valence-corrected chi connectivity index (χ4v) is 3.32. The lowest BCUT2D eigenvalue weighted by molar-refractivity contribution is -0.139. The van der Waals surface area contributed by atoms with E-state index in [1.807, 2.05) is 0 Å². The SMILES string of the molecule is Cc1cc(C(=O)N2CCc3ccc(F)cc3C2)cc(C)c1OCC(=O)O. The van der Waals surface area contributed by atoms with Gasteiger partial charge in [-0.05, 0) is 66.8 Å². The van der Waals surface area contributed by atoms with Crippen LogP contribution in [0.5, 0.6) is 5.75 Å². The number of fused-ring (bicyclic) bond motifs is 1. The first-order valence-electron chi connectivity index (χ1n) is 8.37. The number of aliphatic carboxylic acids is 1. The Morgan fingerprint density at radius 1 is 1.15 bits per heavy atom. The lowest BCUT2D eigenvalue weighted by atomic mass is 9.98. The quantitative estimate of drug-likeness (QED) is 0.913. The van der Waals surface area contributed by atoms with Crippen LogP contribution in [0.3, 0.4) is 0 Å². The van der Waals surface area contributed by atoms with Crippen molar-refractivity contribution in [3.05, 3.63) is 64.0 Å². The molecule has 6 heteroatoms. The van der Waals surface area contributed by atoms with Crippen LogP contribution in [-0.4, -0.2) is 35.0 Å². The normalized spacial score (nSPS) is 13.3. The summed E-state index contributed by atoms with van der Waals surface area (Å²) in [5.74, 6) is -1.00. The van der Waals surface area contributed by atoms with Gasteiger partial charge in [0, 0.05) is 18.7 Å². The number of halogens is 1. The molecule has 5 nitrogen and oxygen atoms in total. The summed E-state index contributed by atoms with van der Waals surface area (Å²) in [7, 11) is 0. The molecule has 1 amide bonds. The van der Waals surface area contributed by atoms with Gasteiger partial charge < -0.3 is 14.7 Å². The van der Waals surface area contributed by atoms with Crippen LogP contribution in [0.1, 0.15) is 32.6 Å². The number of hydrogen-bond donors (Lipinski definition) is 1. The van der Waals surface area contributed by atoms with Gasteiger partial charge in [-0.3, -0.25) is 4.79 Å². The summed E-state index contributed by atoms with van der Waals surface area (Å²) >= 11 is 0. The maximum absolute atomic E-state index is 13.5. The van der Waals surface area contributed by atoms with Crippen molar-refractivity contribution >= 4 is 11.9 Å². The Labute approximate surface area is 151 Å². The molecule has 1 aliphatic heterocycles. The highest BCUT2D eigenvalue weighted by Crippen LogP contribution is 2.27. The first kappa shape index (κ1) is 17.9. The van der Waals surface area contributed by atoms with Crippen LogP contribution in [0.4, 0.5) is 4.39 Å². The van der Waals surface area contributed by atoms with Crippen molar-refractivity contribution in [2.45, 2.75) is 26.8 Å². The number of aryl methyl sites for hydroxylation is 2. The molecule has 136 valence electrons. The highest BCUT2D eigenvalue weighted by molar-refractivity contribution is 5.95. The zero-order valence-corrected chi connectivity index (χ0v) is 14.7. The predicted octanol–water partition coefficient (Wildman–Crippen LogP) is 3.10. The van der Waals surface area contributed by atoms with E-state index in [1.165, 1.54) is 12.1 Å². The Morgan fingerprint density at radius 2 is 1.85 bits per heavy atom. The van der Waals surface area contributed by atoms with Gasteiger partial charge >= 0.3 is 5.97 Å². The second-order valence-corrected chi connectivity index (χ2v) is 6.51. The van der Waals surface area contributed by atoms with E-state index >= 15 is 0 Å². The second-order valence-electron chi connectivity index (χ2n) is 6.51. The molecule has 0 bridgehead atoms. The number of benzene rings is 2. The molecule has 2 aromatic carbocycles. The highest BCUT2D eigenvalue weighted by Gasteiger charge is 2.23. The lowest BCUT2D eigenvalue weighted by Gasteiger charge is -2.29. The summed E-state index contributed by atoms with van der Waals surface area (Å²) in [5.41, 5.74) is 3.83. The Bertz CT molecular complexity index is 855. The monoisotopic (exact) mass is 357 g/mol. The molecule has 1 heterocycles. The van der Waals surface area contributed by atoms with Crippen LogP contribution in [0.25, 0.3) is 0 Å². The topological polar surface area (TPSA) is 66.8 Å².